The highest BCUT2D eigenvalue weighted by atomic mass is 32.2. The van der Waals surface area contributed by atoms with E-state index in [1.165, 1.54) is 17.1 Å². The normalized spacial score (nSPS) is 36.1. The molecule has 0 aromatic rings. The molecule has 2 bridgehead atoms. The number of amides is 1. The van der Waals surface area contributed by atoms with Gasteiger partial charge in [0.1, 0.15) is 0 Å². The molecule has 0 aliphatic carbocycles. The summed E-state index contributed by atoms with van der Waals surface area (Å²) < 4.78 is 24.8. The maximum Gasteiger partial charge on any atom is 0.237 e. The molecule has 20 heavy (non-hydrogen) atoms. The van der Waals surface area contributed by atoms with E-state index in [0.29, 0.717) is 25.0 Å². The molecule has 1 N–H and O–H groups in total. The Hall–Kier alpha value is -0.660. The van der Waals surface area contributed by atoms with Crippen LogP contribution >= 0.6 is 0 Å². The molecule has 7 heteroatoms. The van der Waals surface area contributed by atoms with E-state index in [9.17, 15) is 13.2 Å². The van der Waals surface area contributed by atoms with Crippen molar-refractivity contribution in [3.8, 4) is 0 Å². The molecular formula is C13H23N3O3S. The van der Waals surface area contributed by atoms with Gasteiger partial charge in [-0.3, -0.25) is 4.79 Å². The van der Waals surface area contributed by atoms with Gasteiger partial charge in [0.15, 0.2) is 0 Å². The number of nitrogens with one attached hydrogen (secondary N) is 1. The Balaban J connectivity index is 1.59. The molecule has 3 rings (SSSR count). The lowest BCUT2D eigenvalue weighted by Gasteiger charge is -2.36. The van der Waals surface area contributed by atoms with Gasteiger partial charge in [-0.2, -0.15) is 4.31 Å². The average Bonchev–Trinajstić information content (AvgIpc) is 2.91. The van der Waals surface area contributed by atoms with E-state index in [0.717, 1.165) is 12.8 Å². The Labute approximate surface area is 120 Å². The van der Waals surface area contributed by atoms with Gasteiger partial charge in [0, 0.05) is 31.7 Å². The highest BCUT2D eigenvalue weighted by molar-refractivity contribution is 7.89. The minimum Gasteiger partial charge on any atom is -0.342 e. The van der Waals surface area contributed by atoms with Gasteiger partial charge in [-0.1, -0.05) is 0 Å². The number of fused-ring (bicyclic) bond motifs is 2. The quantitative estimate of drug-likeness (QED) is 0.781. The van der Waals surface area contributed by atoms with Crippen molar-refractivity contribution in [1.29, 1.82) is 0 Å². The van der Waals surface area contributed by atoms with Crippen LogP contribution in [0, 0.1) is 0 Å². The van der Waals surface area contributed by atoms with Crippen LogP contribution in [-0.2, 0) is 14.8 Å². The molecule has 6 nitrogen and oxygen atoms in total. The molecule has 3 aliphatic heterocycles. The Morgan fingerprint density at radius 3 is 2.50 bits per heavy atom. The number of nitrogens with zero attached hydrogens (tertiary/aromatic N) is 2. The van der Waals surface area contributed by atoms with Crippen LogP contribution in [0.15, 0.2) is 0 Å². The van der Waals surface area contributed by atoms with Crippen LogP contribution in [-0.4, -0.2) is 67.5 Å². The highest BCUT2D eigenvalue weighted by Gasteiger charge is 2.37. The number of carbonyl (C=O) groups excluding carboxylic acids is 1. The second-order valence-corrected chi connectivity index (χ2v) is 8.36. The van der Waals surface area contributed by atoms with E-state index in [4.69, 9.17) is 0 Å². The zero-order chi connectivity index (χ0) is 14.3. The third-order valence-electron chi connectivity index (χ3n) is 4.90. The van der Waals surface area contributed by atoms with Crippen LogP contribution in [0.5, 0.6) is 0 Å². The molecule has 3 heterocycles. The third-order valence-corrected chi connectivity index (χ3v) is 6.81. The molecule has 114 valence electrons. The smallest absolute Gasteiger partial charge is 0.237 e. The van der Waals surface area contributed by atoms with Crippen molar-refractivity contribution in [2.75, 3.05) is 25.9 Å². The van der Waals surface area contributed by atoms with E-state index in [1.807, 2.05) is 7.05 Å². The maximum atomic E-state index is 12.3. The molecule has 1 amide bonds. The first-order valence-corrected chi connectivity index (χ1v) is 9.06. The standard InChI is InChI=1S/C13H23N3O3S/c1-15(12-7-10-3-4-11(8-12)14-10)13(17)9-16-5-2-6-20(16,18)19/h10-12,14H,2-9H2,1H3. The molecule has 2 unspecified atom stereocenters. The molecule has 3 fully saturated rings. The first-order valence-electron chi connectivity index (χ1n) is 7.45. The van der Waals surface area contributed by atoms with Crippen LogP contribution < -0.4 is 5.32 Å². The fraction of sp³-hybridized carbons (Fsp3) is 0.923. The molecular weight excluding hydrogens is 278 g/mol. The van der Waals surface area contributed by atoms with Gasteiger partial charge >= 0.3 is 0 Å². The molecule has 0 saturated carbocycles. The highest BCUT2D eigenvalue weighted by Crippen LogP contribution is 2.29. The average molecular weight is 301 g/mol. The molecule has 3 saturated heterocycles. The summed E-state index contributed by atoms with van der Waals surface area (Å²) in [6.45, 7) is 0.498. The van der Waals surface area contributed by atoms with E-state index in [-0.39, 0.29) is 24.2 Å². The second-order valence-electron chi connectivity index (χ2n) is 6.27. The van der Waals surface area contributed by atoms with Crippen LogP contribution in [0.2, 0.25) is 0 Å². The number of sulfonamides is 1. The minimum absolute atomic E-state index is 0.0120. The zero-order valence-corrected chi connectivity index (χ0v) is 12.7. The van der Waals surface area contributed by atoms with Crippen molar-refractivity contribution in [1.82, 2.24) is 14.5 Å². The summed E-state index contributed by atoms with van der Waals surface area (Å²) >= 11 is 0. The van der Waals surface area contributed by atoms with Crippen molar-refractivity contribution in [3.63, 3.8) is 0 Å². The van der Waals surface area contributed by atoms with Crippen molar-refractivity contribution in [3.05, 3.63) is 0 Å². The summed E-state index contributed by atoms with van der Waals surface area (Å²) in [5.41, 5.74) is 0. The number of rotatable bonds is 3. The molecule has 0 spiro atoms. The van der Waals surface area contributed by atoms with Crippen LogP contribution in [0.25, 0.3) is 0 Å². The number of hydrogen-bond acceptors (Lipinski definition) is 4. The first-order chi connectivity index (χ1) is 9.45. The van der Waals surface area contributed by atoms with E-state index in [1.54, 1.807) is 4.90 Å². The van der Waals surface area contributed by atoms with Crippen molar-refractivity contribution in [2.24, 2.45) is 0 Å². The lowest BCUT2D eigenvalue weighted by atomic mass is 9.98. The van der Waals surface area contributed by atoms with Crippen molar-refractivity contribution < 1.29 is 13.2 Å². The lowest BCUT2D eigenvalue weighted by molar-refractivity contribution is -0.132. The molecule has 0 radical (unpaired) electrons. The monoisotopic (exact) mass is 301 g/mol. The van der Waals surface area contributed by atoms with Crippen LogP contribution in [0.4, 0.5) is 0 Å². The fourth-order valence-corrected chi connectivity index (χ4v) is 5.14. The molecule has 0 aromatic heterocycles. The summed E-state index contributed by atoms with van der Waals surface area (Å²) in [7, 11) is -1.36. The Morgan fingerprint density at radius 2 is 1.95 bits per heavy atom. The number of hydrogen-bond donors (Lipinski definition) is 1. The third kappa shape index (κ3) is 2.71. The van der Waals surface area contributed by atoms with Crippen LogP contribution in [0.1, 0.15) is 32.1 Å². The zero-order valence-electron chi connectivity index (χ0n) is 11.9. The van der Waals surface area contributed by atoms with E-state index >= 15 is 0 Å². The van der Waals surface area contributed by atoms with Crippen molar-refractivity contribution >= 4 is 15.9 Å². The SMILES string of the molecule is CN(C(=O)CN1CCCS1(=O)=O)C1CC2CCC(C1)N2. The van der Waals surface area contributed by atoms with Crippen molar-refractivity contribution in [2.45, 2.75) is 50.2 Å². The summed E-state index contributed by atoms with van der Waals surface area (Å²) in [5, 5.41) is 3.56. The molecule has 2 atom stereocenters. The fourth-order valence-electron chi connectivity index (χ4n) is 3.68. The van der Waals surface area contributed by atoms with E-state index < -0.39 is 10.0 Å². The number of piperidine rings is 1. The topological polar surface area (TPSA) is 69.7 Å². The molecule has 0 aromatic carbocycles. The lowest BCUT2D eigenvalue weighted by Crippen LogP contribution is -2.50. The Kier molecular flexibility index (Phi) is 3.77. The predicted octanol–water partition coefficient (Wildman–Crippen LogP) is -0.237. The summed E-state index contributed by atoms with van der Waals surface area (Å²) in [4.78, 5) is 14.1. The number of carbonyl (C=O) groups is 1. The largest absolute Gasteiger partial charge is 0.342 e. The number of likely N-dealkylation sites (N-methyl/N-ethyl adjacent to an activating group) is 1. The van der Waals surface area contributed by atoms with E-state index in [2.05, 4.69) is 5.32 Å². The van der Waals surface area contributed by atoms with Gasteiger partial charge in [-0.15, -0.1) is 0 Å². The summed E-state index contributed by atoms with van der Waals surface area (Å²) in [5.74, 6) is 0.114. The second kappa shape index (κ2) is 5.27. The Bertz CT molecular complexity index is 481. The minimum atomic E-state index is -3.18. The Morgan fingerprint density at radius 1 is 1.30 bits per heavy atom. The van der Waals surface area contributed by atoms with Gasteiger partial charge in [-0.25, -0.2) is 8.42 Å². The summed E-state index contributed by atoms with van der Waals surface area (Å²) in [6, 6.07) is 1.32. The molecule has 3 aliphatic rings. The van der Waals surface area contributed by atoms with Gasteiger partial charge in [0.05, 0.1) is 12.3 Å². The van der Waals surface area contributed by atoms with Gasteiger partial charge in [0.2, 0.25) is 15.9 Å². The predicted molar refractivity (Wildman–Crippen MR) is 75.7 cm³/mol. The first kappa shape index (κ1) is 14.3. The maximum absolute atomic E-state index is 12.3. The van der Waals surface area contributed by atoms with Gasteiger partial charge < -0.3 is 10.2 Å². The summed E-state index contributed by atoms with van der Waals surface area (Å²) in [6.07, 6.45) is 5.02. The van der Waals surface area contributed by atoms with Gasteiger partial charge in [0.25, 0.3) is 0 Å². The van der Waals surface area contributed by atoms with Crippen LogP contribution in [0.3, 0.4) is 0 Å². The van der Waals surface area contributed by atoms with Gasteiger partial charge in [-0.05, 0) is 32.1 Å².